The highest BCUT2D eigenvalue weighted by Crippen LogP contribution is 2.33. The van der Waals surface area contributed by atoms with E-state index >= 15 is 0 Å². The lowest BCUT2D eigenvalue weighted by Crippen LogP contribution is -2.47. The summed E-state index contributed by atoms with van der Waals surface area (Å²) in [6, 6.07) is 25.7. The maximum Gasteiger partial charge on any atom is 0.286 e. The van der Waals surface area contributed by atoms with Crippen molar-refractivity contribution in [3.63, 3.8) is 0 Å². The summed E-state index contributed by atoms with van der Waals surface area (Å²) < 4.78 is 6.05. The molecule has 0 spiro atoms. The number of amidine groups is 1. The van der Waals surface area contributed by atoms with Crippen molar-refractivity contribution in [3.8, 4) is 5.75 Å². The average molecular weight is 490 g/mol. The van der Waals surface area contributed by atoms with E-state index in [4.69, 9.17) is 16.3 Å². The van der Waals surface area contributed by atoms with E-state index in [2.05, 4.69) is 20.9 Å². The van der Waals surface area contributed by atoms with Crippen LogP contribution in [0.4, 0.5) is 5.69 Å². The Morgan fingerprint density at radius 3 is 2.44 bits per heavy atom. The third kappa shape index (κ3) is 5.29. The smallest absolute Gasteiger partial charge is 0.286 e. The van der Waals surface area contributed by atoms with Crippen LogP contribution in [0.2, 0.25) is 5.02 Å². The van der Waals surface area contributed by atoms with Crippen molar-refractivity contribution < 1.29 is 9.53 Å². The van der Waals surface area contributed by atoms with Crippen molar-refractivity contribution in [1.82, 2.24) is 4.90 Å². The van der Waals surface area contributed by atoms with Gasteiger partial charge < -0.3 is 14.5 Å². The van der Waals surface area contributed by atoms with E-state index in [1.165, 1.54) is 11.8 Å². The quantitative estimate of drug-likeness (QED) is 0.429. The minimum absolute atomic E-state index is 0.199. The number of nitrogens with zero attached hydrogens (tertiary/aromatic N) is 3. The molecular weight excluding hydrogens is 466 g/mol. The third-order valence-corrected chi connectivity index (χ3v) is 7.06. The second kappa shape index (κ2) is 10.4. The molecule has 0 atom stereocenters. The zero-order valence-corrected chi connectivity index (χ0v) is 20.1. The summed E-state index contributed by atoms with van der Waals surface area (Å²) in [7, 11) is 0. The fraction of sp³-hybridized carbons (Fsp3) is 0.185. The number of aliphatic imine (C=N–C) groups is 1. The van der Waals surface area contributed by atoms with Crippen LogP contribution >= 0.6 is 23.4 Å². The Morgan fingerprint density at radius 2 is 1.65 bits per heavy atom. The first-order valence-electron chi connectivity index (χ1n) is 11.2. The van der Waals surface area contributed by atoms with E-state index in [1.807, 2.05) is 78.9 Å². The van der Waals surface area contributed by atoms with Crippen LogP contribution in [0, 0.1) is 0 Å². The molecule has 0 unspecified atom stereocenters. The molecule has 0 N–H and O–H groups in total. The van der Waals surface area contributed by atoms with Gasteiger partial charge in [0, 0.05) is 42.5 Å². The van der Waals surface area contributed by atoms with Crippen LogP contribution in [0.15, 0.2) is 88.8 Å². The molecule has 0 saturated carbocycles. The van der Waals surface area contributed by atoms with Gasteiger partial charge in [0.25, 0.3) is 5.91 Å². The van der Waals surface area contributed by atoms with Gasteiger partial charge >= 0.3 is 0 Å². The van der Waals surface area contributed by atoms with Crippen molar-refractivity contribution in [1.29, 1.82) is 0 Å². The minimum Gasteiger partial charge on any atom is -0.488 e. The molecule has 34 heavy (non-hydrogen) atoms. The zero-order chi connectivity index (χ0) is 23.3. The van der Waals surface area contributed by atoms with E-state index in [9.17, 15) is 4.79 Å². The minimum atomic E-state index is -0.199. The van der Waals surface area contributed by atoms with Gasteiger partial charge in [-0.15, -0.1) is 0 Å². The number of hydrogen-bond donors (Lipinski definition) is 0. The van der Waals surface area contributed by atoms with Crippen LogP contribution in [0.25, 0.3) is 6.08 Å². The number of benzene rings is 3. The van der Waals surface area contributed by atoms with Gasteiger partial charge in [0.05, 0.1) is 4.91 Å². The number of amides is 1. The summed E-state index contributed by atoms with van der Waals surface area (Å²) in [5.41, 5.74) is 3.09. The molecule has 0 aliphatic carbocycles. The number of piperazine rings is 1. The highest BCUT2D eigenvalue weighted by atomic mass is 35.5. The Balaban J connectivity index is 1.23. The number of anilines is 1. The second-order valence-corrected chi connectivity index (χ2v) is 9.52. The van der Waals surface area contributed by atoms with Gasteiger partial charge in [0.1, 0.15) is 12.4 Å². The largest absolute Gasteiger partial charge is 0.488 e. The van der Waals surface area contributed by atoms with Crippen LogP contribution in [-0.4, -0.2) is 42.2 Å². The van der Waals surface area contributed by atoms with Crippen LogP contribution < -0.4 is 9.64 Å². The van der Waals surface area contributed by atoms with Gasteiger partial charge in [-0.1, -0.05) is 66.2 Å². The molecule has 3 aromatic rings. The highest BCUT2D eigenvalue weighted by molar-refractivity contribution is 8.18. The van der Waals surface area contributed by atoms with Crippen molar-refractivity contribution >= 4 is 46.2 Å². The Bertz CT molecular complexity index is 1240. The molecule has 0 aromatic heterocycles. The molecule has 3 aromatic carbocycles. The Hall–Kier alpha value is -3.22. The standard InChI is InChI=1S/C27H24ClN3O2S/c28-22-10-6-11-23(18-22)30-13-15-31(16-14-30)27-29-26(32)25(34-27)17-21-9-4-5-12-24(21)33-19-20-7-2-1-3-8-20/h1-12,17-18H,13-16,19H2. The molecule has 1 saturated heterocycles. The summed E-state index contributed by atoms with van der Waals surface area (Å²) in [5, 5.41) is 1.51. The van der Waals surface area contributed by atoms with Crippen molar-refractivity contribution in [2.24, 2.45) is 4.99 Å². The number of rotatable bonds is 5. The van der Waals surface area contributed by atoms with Crippen LogP contribution in [0.3, 0.4) is 0 Å². The number of para-hydroxylation sites is 1. The maximum absolute atomic E-state index is 12.7. The summed E-state index contributed by atoms with van der Waals surface area (Å²) in [4.78, 5) is 22.1. The molecule has 0 bridgehead atoms. The molecule has 0 radical (unpaired) electrons. The number of ether oxygens (including phenoxy) is 1. The Morgan fingerprint density at radius 1 is 0.912 bits per heavy atom. The molecule has 172 valence electrons. The number of hydrogen-bond acceptors (Lipinski definition) is 5. The van der Waals surface area contributed by atoms with Crippen molar-refractivity contribution in [2.75, 3.05) is 31.1 Å². The topological polar surface area (TPSA) is 45.1 Å². The van der Waals surface area contributed by atoms with E-state index < -0.39 is 0 Å². The van der Waals surface area contributed by atoms with Gasteiger partial charge in [0.15, 0.2) is 5.17 Å². The zero-order valence-electron chi connectivity index (χ0n) is 18.6. The van der Waals surface area contributed by atoms with Crippen LogP contribution in [0.1, 0.15) is 11.1 Å². The van der Waals surface area contributed by atoms with Crippen LogP contribution in [-0.2, 0) is 11.4 Å². The summed E-state index contributed by atoms with van der Waals surface area (Å²) in [5.74, 6) is 0.547. The molecule has 7 heteroatoms. The molecule has 5 rings (SSSR count). The number of carbonyl (C=O) groups is 1. The highest BCUT2D eigenvalue weighted by Gasteiger charge is 2.28. The monoisotopic (exact) mass is 489 g/mol. The molecule has 2 heterocycles. The van der Waals surface area contributed by atoms with Gasteiger partial charge in [-0.2, -0.15) is 4.99 Å². The lowest BCUT2D eigenvalue weighted by Gasteiger charge is -2.36. The molecule has 2 aliphatic heterocycles. The lowest BCUT2D eigenvalue weighted by atomic mass is 10.2. The molecule has 5 nitrogen and oxygen atoms in total. The first-order valence-corrected chi connectivity index (χ1v) is 12.4. The first kappa shape index (κ1) is 22.6. The number of thioether (sulfide) groups is 1. The fourth-order valence-electron chi connectivity index (χ4n) is 3.97. The molecule has 1 fully saturated rings. The van der Waals surface area contributed by atoms with Gasteiger partial charge in [0.2, 0.25) is 0 Å². The summed E-state index contributed by atoms with van der Waals surface area (Å²) in [6.45, 7) is 3.78. The SMILES string of the molecule is O=C1N=C(N2CCN(c3cccc(Cl)c3)CC2)SC1=Cc1ccccc1OCc1ccccc1. The average Bonchev–Trinajstić information content (AvgIpc) is 3.24. The second-order valence-electron chi connectivity index (χ2n) is 8.08. The predicted octanol–water partition coefficient (Wildman–Crippen LogP) is 5.71. The fourth-order valence-corrected chi connectivity index (χ4v) is 5.11. The summed E-state index contributed by atoms with van der Waals surface area (Å²) >= 11 is 7.58. The molecule has 2 aliphatic rings. The number of halogens is 1. The van der Waals surface area contributed by atoms with Crippen LogP contribution in [0.5, 0.6) is 5.75 Å². The van der Waals surface area contributed by atoms with Crippen molar-refractivity contribution in [2.45, 2.75) is 6.61 Å². The predicted molar refractivity (Wildman–Crippen MR) is 140 cm³/mol. The van der Waals surface area contributed by atoms with E-state index in [0.717, 1.165) is 58.9 Å². The Labute approximate surface area is 208 Å². The van der Waals surface area contributed by atoms with Crippen molar-refractivity contribution in [3.05, 3.63) is 99.9 Å². The van der Waals surface area contributed by atoms with E-state index in [-0.39, 0.29) is 5.91 Å². The Kier molecular flexibility index (Phi) is 6.88. The number of carbonyl (C=O) groups excluding carboxylic acids is 1. The first-order chi connectivity index (χ1) is 16.7. The van der Waals surface area contributed by atoms with Gasteiger partial charge in [-0.3, -0.25) is 4.79 Å². The normalized spacial score (nSPS) is 17.3. The third-order valence-electron chi connectivity index (χ3n) is 5.78. The lowest BCUT2D eigenvalue weighted by molar-refractivity contribution is -0.113. The van der Waals surface area contributed by atoms with E-state index in [1.54, 1.807) is 0 Å². The molecular formula is C27H24ClN3O2S. The molecule has 1 amide bonds. The maximum atomic E-state index is 12.7. The summed E-state index contributed by atoms with van der Waals surface area (Å²) in [6.07, 6.45) is 1.88. The van der Waals surface area contributed by atoms with Gasteiger partial charge in [-0.05, 0) is 47.7 Å². The van der Waals surface area contributed by atoms with Gasteiger partial charge in [-0.25, -0.2) is 0 Å². The van der Waals surface area contributed by atoms with E-state index in [0.29, 0.717) is 11.5 Å².